The van der Waals surface area contributed by atoms with Gasteiger partial charge in [-0.15, -0.1) is 0 Å². The summed E-state index contributed by atoms with van der Waals surface area (Å²) in [7, 11) is 0. The maximum atomic E-state index is 11.5. The van der Waals surface area contributed by atoms with Crippen molar-refractivity contribution < 1.29 is 9.59 Å². The molecule has 0 saturated heterocycles. The molecule has 0 unspecified atom stereocenters. The van der Waals surface area contributed by atoms with Gasteiger partial charge in [0.15, 0.2) is 0 Å². The molecule has 0 atom stereocenters. The molecule has 0 radical (unpaired) electrons. The molecule has 0 aliphatic rings. The van der Waals surface area contributed by atoms with Crippen LogP contribution in [0.1, 0.15) is 104 Å². The molecule has 0 bridgehead atoms. The molecule has 2 heteroatoms. The van der Waals surface area contributed by atoms with Gasteiger partial charge in [0.05, 0.1) is 0 Å². The third-order valence-electron chi connectivity index (χ3n) is 3.82. The van der Waals surface area contributed by atoms with Gasteiger partial charge in [-0.05, 0) is 37.5 Å². The standard InChI is InChI=1S/C22H34O2/c1-3-5-7-13-17-21(23)19-15-11-9-10-12-16-20-22(24)18-14-8-6-4-2/h3-12,15-16,19-20H2,1-2H3. The molecule has 0 fully saturated rings. The Kier molecular flexibility index (Phi) is 16.7. The summed E-state index contributed by atoms with van der Waals surface area (Å²) in [6, 6.07) is 0. The first kappa shape index (κ1) is 22.5. The number of unbranched alkanes of at least 4 members (excludes halogenated alkanes) is 9. The fourth-order valence-electron chi connectivity index (χ4n) is 2.26. The summed E-state index contributed by atoms with van der Waals surface area (Å²) in [4.78, 5) is 23.0. The van der Waals surface area contributed by atoms with E-state index < -0.39 is 0 Å². The highest BCUT2D eigenvalue weighted by Crippen LogP contribution is 2.09. The average Bonchev–Trinajstić information content (AvgIpc) is 2.58. The first-order chi connectivity index (χ1) is 11.7. The van der Waals surface area contributed by atoms with Crippen LogP contribution in [0, 0.1) is 23.7 Å². The topological polar surface area (TPSA) is 34.1 Å². The lowest BCUT2D eigenvalue weighted by Gasteiger charge is -1.99. The van der Waals surface area contributed by atoms with Crippen molar-refractivity contribution in [3.8, 4) is 23.7 Å². The van der Waals surface area contributed by atoms with E-state index in [0.29, 0.717) is 12.8 Å². The van der Waals surface area contributed by atoms with Crippen LogP contribution in [-0.4, -0.2) is 11.6 Å². The first-order valence-electron chi connectivity index (χ1n) is 9.74. The Balaban J connectivity index is 3.44. The first-order valence-corrected chi connectivity index (χ1v) is 9.74. The monoisotopic (exact) mass is 330 g/mol. The second-order valence-electron chi connectivity index (χ2n) is 6.28. The van der Waals surface area contributed by atoms with Crippen molar-refractivity contribution in [3.05, 3.63) is 0 Å². The van der Waals surface area contributed by atoms with Crippen LogP contribution in [0.2, 0.25) is 0 Å². The van der Waals surface area contributed by atoms with E-state index in [1.807, 2.05) is 0 Å². The summed E-state index contributed by atoms with van der Waals surface area (Å²) >= 11 is 0. The molecule has 0 heterocycles. The fraction of sp³-hybridized carbons (Fsp3) is 0.727. The third kappa shape index (κ3) is 16.8. The number of Topliss-reactive ketones (excluding diaryl/α,β-unsaturated/α-hetero) is 2. The molecular formula is C22H34O2. The van der Waals surface area contributed by atoms with Crippen LogP contribution in [-0.2, 0) is 9.59 Å². The number of rotatable bonds is 13. The maximum Gasteiger partial charge on any atom is 0.205 e. The summed E-state index contributed by atoms with van der Waals surface area (Å²) in [5.41, 5.74) is 0. The van der Waals surface area contributed by atoms with Gasteiger partial charge in [0.25, 0.3) is 0 Å². The van der Waals surface area contributed by atoms with Gasteiger partial charge in [-0.25, -0.2) is 0 Å². The highest BCUT2D eigenvalue weighted by Gasteiger charge is 1.99. The van der Waals surface area contributed by atoms with Crippen LogP contribution in [0.25, 0.3) is 0 Å². The van der Waals surface area contributed by atoms with Crippen molar-refractivity contribution in [1.29, 1.82) is 0 Å². The molecule has 0 aromatic carbocycles. The molecule has 134 valence electrons. The predicted molar refractivity (Wildman–Crippen MR) is 102 cm³/mol. The van der Waals surface area contributed by atoms with E-state index in [1.165, 1.54) is 0 Å². The van der Waals surface area contributed by atoms with Gasteiger partial charge in [-0.3, -0.25) is 9.59 Å². The van der Waals surface area contributed by atoms with Crippen molar-refractivity contribution in [2.24, 2.45) is 0 Å². The maximum absolute atomic E-state index is 11.5. The second kappa shape index (κ2) is 17.8. The molecule has 0 aromatic rings. The number of hydrogen-bond donors (Lipinski definition) is 0. The zero-order chi connectivity index (χ0) is 17.9. The Bertz CT molecular complexity index is 410. The summed E-state index contributed by atoms with van der Waals surface area (Å²) in [6.45, 7) is 4.25. The molecular weight excluding hydrogens is 296 g/mol. The molecule has 0 aromatic heterocycles. The summed E-state index contributed by atoms with van der Waals surface area (Å²) in [5, 5.41) is 0. The number of hydrogen-bond acceptors (Lipinski definition) is 2. The fourth-order valence-corrected chi connectivity index (χ4v) is 2.26. The van der Waals surface area contributed by atoms with Crippen molar-refractivity contribution >= 4 is 11.6 Å². The van der Waals surface area contributed by atoms with Crippen LogP contribution in [0.5, 0.6) is 0 Å². The smallest absolute Gasteiger partial charge is 0.205 e. The SMILES string of the molecule is CCCCC#CC(=O)CCCCCCCCC(=O)C#CCCCC. The van der Waals surface area contributed by atoms with Crippen molar-refractivity contribution in [2.45, 2.75) is 104 Å². The Hall–Kier alpha value is -1.54. The minimum Gasteiger partial charge on any atom is -0.285 e. The van der Waals surface area contributed by atoms with E-state index in [-0.39, 0.29) is 11.6 Å². The largest absolute Gasteiger partial charge is 0.285 e. The van der Waals surface area contributed by atoms with E-state index >= 15 is 0 Å². The zero-order valence-electron chi connectivity index (χ0n) is 15.7. The number of ketones is 2. The van der Waals surface area contributed by atoms with E-state index in [9.17, 15) is 9.59 Å². The van der Waals surface area contributed by atoms with Crippen molar-refractivity contribution in [2.75, 3.05) is 0 Å². The van der Waals surface area contributed by atoms with Crippen LogP contribution in [0.4, 0.5) is 0 Å². The lowest BCUT2D eigenvalue weighted by Crippen LogP contribution is -1.94. The van der Waals surface area contributed by atoms with Gasteiger partial charge in [-0.2, -0.15) is 0 Å². The minimum absolute atomic E-state index is 0.0818. The van der Waals surface area contributed by atoms with Crippen LogP contribution < -0.4 is 0 Å². The van der Waals surface area contributed by atoms with Gasteiger partial charge in [-0.1, -0.05) is 64.2 Å². The van der Waals surface area contributed by atoms with Crippen molar-refractivity contribution in [1.82, 2.24) is 0 Å². The molecule has 0 saturated carbocycles. The van der Waals surface area contributed by atoms with E-state index in [2.05, 4.69) is 37.5 Å². The highest BCUT2D eigenvalue weighted by molar-refractivity contribution is 5.95. The van der Waals surface area contributed by atoms with Crippen LogP contribution in [0.3, 0.4) is 0 Å². The molecule has 24 heavy (non-hydrogen) atoms. The van der Waals surface area contributed by atoms with Gasteiger partial charge >= 0.3 is 0 Å². The number of carbonyl (C=O) groups is 2. The Morgan fingerprint density at radius 3 is 1.33 bits per heavy atom. The molecule has 0 rings (SSSR count). The molecule has 0 spiro atoms. The molecule has 0 N–H and O–H groups in total. The average molecular weight is 331 g/mol. The molecule has 0 aliphatic heterocycles. The van der Waals surface area contributed by atoms with Gasteiger partial charge in [0.1, 0.15) is 0 Å². The molecule has 0 amide bonds. The summed E-state index contributed by atoms with van der Waals surface area (Å²) in [5.74, 6) is 11.5. The van der Waals surface area contributed by atoms with Gasteiger partial charge in [0.2, 0.25) is 11.6 Å². The van der Waals surface area contributed by atoms with Crippen LogP contribution >= 0.6 is 0 Å². The summed E-state index contributed by atoms with van der Waals surface area (Å²) < 4.78 is 0. The molecule has 0 aliphatic carbocycles. The van der Waals surface area contributed by atoms with Gasteiger partial charge in [0, 0.05) is 25.7 Å². The van der Waals surface area contributed by atoms with Gasteiger partial charge < -0.3 is 0 Å². The van der Waals surface area contributed by atoms with E-state index in [1.54, 1.807) is 0 Å². The zero-order valence-corrected chi connectivity index (χ0v) is 15.7. The lowest BCUT2D eigenvalue weighted by molar-refractivity contribution is -0.114. The summed E-state index contributed by atoms with van der Waals surface area (Å²) in [6.07, 6.45) is 13.5. The number of carbonyl (C=O) groups excluding carboxylic acids is 2. The van der Waals surface area contributed by atoms with E-state index in [0.717, 1.165) is 77.0 Å². The van der Waals surface area contributed by atoms with E-state index in [4.69, 9.17) is 0 Å². The Morgan fingerprint density at radius 2 is 0.958 bits per heavy atom. The van der Waals surface area contributed by atoms with Crippen LogP contribution in [0.15, 0.2) is 0 Å². The lowest BCUT2D eigenvalue weighted by atomic mass is 10.1. The minimum atomic E-state index is 0.0818. The highest BCUT2D eigenvalue weighted by atomic mass is 16.1. The third-order valence-corrected chi connectivity index (χ3v) is 3.82. The van der Waals surface area contributed by atoms with Crippen molar-refractivity contribution in [3.63, 3.8) is 0 Å². The second-order valence-corrected chi connectivity index (χ2v) is 6.28. The quantitative estimate of drug-likeness (QED) is 0.249. The molecule has 2 nitrogen and oxygen atoms in total. The normalized spacial score (nSPS) is 9.58. The predicted octanol–water partition coefficient (Wildman–Crippen LogP) is 5.63. The Labute approximate surface area is 149 Å². The Morgan fingerprint density at radius 1 is 0.583 bits per heavy atom.